The number of carbonyl (C=O) groups excluding carboxylic acids is 1. The second kappa shape index (κ2) is 7.03. The normalized spacial score (nSPS) is 15.5. The fourth-order valence-electron chi connectivity index (χ4n) is 2.31. The molecule has 0 aromatic heterocycles. The Bertz CT molecular complexity index is 526. The molecule has 0 aliphatic carbocycles. The van der Waals surface area contributed by atoms with Gasteiger partial charge < -0.3 is 14.8 Å². The van der Waals surface area contributed by atoms with Gasteiger partial charge in [-0.05, 0) is 24.8 Å². The number of benzene rings is 1. The van der Waals surface area contributed by atoms with E-state index in [1.807, 2.05) is 0 Å². The number of nitrogens with one attached hydrogen (secondary N) is 1. The third kappa shape index (κ3) is 4.16. The molecule has 2 rings (SSSR count). The van der Waals surface area contributed by atoms with E-state index in [0.29, 0.717) is 31.2 Å². The van der Waals surface area contributed by atoms with Crippen LogP contribution in [0.2, 0.25) is 0 Å². The summed E-state index contributed by atoms with van der Waals surface area (Å²) < 4.78 is 10.3. The summed E-state index contributed by atoms with van der Waals surface area (Å²) in [5.41, 5.74) is 0.370. The summed E-state index contributed by atoms with van der Waals surface area (Å²) in [5.74, 6) is 0.487. The zero-order valence-corrected chi connectivity index (χ0v) is 11.8. The Labute approximate surface area is 122 Å². The van der Waals surface area contributed by atoms with Gasteiger partial charge in [0.25, 0.3) is 5.69 Å². The van der Waals surface area contributed by atoms with Crippen molar-refractivity contribution >= 4 is 17.3 Å². The quantitative estimate of drug-likeness (QED) is 0.665. The summed E-state index contributed by atoms with van der Waals surface area (Å²) in [4.78, 5) is 22.2. The van der Waals surface area contributed by atoms with Gasteiger partial charge in [-0.2, -0.15) is 0 Å². The maximum Gasteiger partial charge on any atom is 0.273 e. The van der Waals surface area contributed by atoms with Gasteiger partial charge in [0.05, 0.1) is 23.8 Å². The van der Waals surface area contributed by atoms with Crippen LogP contribution in [-0.4, -0.2) is 31.2 Å². The number of nitrogens with zero attached hydrogens (tertiary/aromatic N) is 1. The molecule has 0 radical (unpaired) electrons. The lowest BCUT2D eigenvalue weighted by Gasteiger charge is -2.21. The van der Waals surface area contributed by atoms with Crippen molar-refractivity contribution in [2.24, 2.45) is 5.92 Å². The molecule has 114 valence electrons. The first-order valence-corrected chi connectivity index (χ1v) is 6.80. The lowest BCUT2D eigenvalue weighted by Crippen LogP contribution is -2.22. The van der Waals surface area contributed by atoms with Crippen LogP contribution in [0.5, 0.6) is 5.75 Å². The van der Waals surface area contributed by atoms with E-state index in [4.69, 9.17) is 9.47 Å². The molecule has 1 saturated heterocycles. The van der Waals surface area contributed by atoms with Crippen LogP contribution in [0, 0.1) is 16.0 Å². The number of rotatable bonds is 5. The predicted octanol–water partition coefficient (Wildman–Crippen LogP) is 2.36. The van der Waals surface area contributed by atoms with Crippen molar-refractivity contribution in [3.05, 3.63) is 28.3 Å². The molecule has 21 heavy (non-hydrogen) atoms. The van der Waals surface area contributed by atoms with E-state index in [-0.39, 0.29) is 17.3 Å². The third-order valence-corrected chi connectivity index (χ3v) is 3.48. The second-order valence-corrected chi connectivity index (χ2v) is 4.95. The highest BCUT2D eigenvalue weighted by Crippen LogP contribution is 2.29. The van der Waals surface area contributed by atoms with Crippen molar-refractivity contribution in [2.45, 2.75) is 19.3 Å². The highest BCUT2D eigenvalue weighted by Gasteiger charge is 2.19. The SMILES string of the molecule is COc1cc([N+](=O)[O-])ccc1NC(=O)CC1CCOCC1. The molecule has 1 aromatic rings. The average Bonchev–Trinajstić information content (AvgIpc) is 2.48. The number of non-ortho nitro benzene ring substituents is 1. The Morgan fingerprint density at radius 3 is 2.81 bits per heavy atom. The van der Waals surface area contributed by atoms with Crippen LogP contribution < -0.4 is 10.1 Å². The summed E-state index contributed by atoms with van der Waals surface area (Å²) >= 11 is 0. The van der Waals surface area contributed by atoms with Gasteiger partial charge in [0, 0.05) is 25.7 Å². The first kappa shape index (κ1) is 15.2. The average molecular weight is 294 g/mol. The van der Waals surface area contributed by atoms with Gasteiger partial charge in [-0.1, -0.05) is 0 Å². The number of amides is 1. The molecule has 0 bridgehead atoms. The molecule has 0 atom stereocenters. The van der Waals surface area contributed by atoms with Crippen molar-refractivity contribution in [1.82, 2.24) is 0 Å². The van der Waals surface area contributed by atoms with Crippen LogP contribution in [-0.2, 0) is 9.53 Å². The van der Waals surface area contributed by atoms with Crippen LogP contribution in [0.3, 0.4) is 0 Å². The van der Waals surface area contributed by atoms with Gasteiger partial charge >= 0.3 is 0 Å². The van der Waals surface area contributed by atoms with Gasteiger partial charge in [0.1, 0.15) is 5.75 Å². The van der Waals surface area contributed by atoms with Crippen molar-refractivity contribution in [2.75, 3.05) is 25.6 Å². The lowest BCUT2D eigenvalue weighted by atomic mass is 9.96. The Morgan fingerprint density at radius 1 is 1.48 bits per heavy atom. The predicted molar refractivity (Wildman–Crippen MR) is 76.4 cm³/mol. The highest BCUT2D eigenvalue weighted by atomic mass is 16.6. The van der Waals surface area contributed by atoms with E-state index in [1.54, 1.807) is 0 Å². The van der Waals surface area contributed by atoms with Crippen molar-refractivity contribution in [3.63, 3.8) is 0 Å². The number of hydrogen-bond donors (Lipinski definition) is 1. The van der Waals surface area contributed by atoms with Crippen molar-refractivity contribution < 1.29 is 19.2 Å². The molecule has 1 heterocycles. The fourth-order valence-corrected chi connectivity index (χ4v) is 2.31. The Hall–Kier alpha value is -2.15. The monoisotopic (exact) mass is 294 g/mol. The molecule has 1 amide bonds. The maximum atomic E-state index is 12.0. The minimum Gasteiger partial charge on any atom is -0.494 e. The molecular formula is C14H18N2O5. The smallest absolute Gasteiger partial charge is 0.273 e. The standard InChI is InChI=1S/C14H18N2O5/c1-20-13-9-11(16(18)19)2-3-12(13)15-14(17)8-10-4-6-21-7-5-10/h2-3,9-10H,4-8H2,1H3,(H,15,17). The van der Waals surface area contributed by atoms with E-state index in [2.05, 4.69) is 5.32 Å². The Kier molecular flexibility index (Phi) is 5.10. The molecule has 0 saturated carbocycles. The fraction of sp³-hybridized carbons (Fsp3) is 0.500. The number of carbonyl (C=O) groups is 1. The molecule has 1 N–H and O–H groups in total. The molecule has 7 nitrogen and oxygen atoms in total. The maximum absolute atomic E-state index is 12.0. The van der Waals surface area contributed by atoms with E-state index < -0.39 is 4.92 Å². The zero-order chi connectivity index (χ0) is 15.2. The molecule has 1 aromatic carbocycles. The summed E-state index contributed by atoms with van der Waals surface area (Å²) in [5, 5.41) is 13.5. The van der Waals surface area contributed by atoms with Crippen LogP contribution in [0.4, 0.5) is 11.4 Å². The molecular weight excluding hydrogens is 276 g/mol. The lowest BCUT2D eigenvalue weighted by molar-refractivity contribution is -0.384. The minimum atomic E-state index is -0.504. The summed E-state index contributed by atoms with van der Waals surface area (Å²) in [6.45, 7) is 1.39. The summed E-state index contributed by atoms with van der Waals surface area (Å²) in [6.07, 6.45) is 2.18. The number of nitro groups is 1. The minimum absolute atomic E-state index is 0.0747. The summed E-state index contributed by atoms with van der Waals surface area (Å²) in [7, 11) is 1.41. The Morgan fingerprint density at radius 2 is 2.19 bits per heavy atom. The molecule has 0 spiro atoms. The second-order valence-electron chi connectivity index (χ2n) is 4.95. The van der Waals surface area contributed by atoms with Crippen LogP contribution >= 0.6 is 0 Å². The number of anilines is 1. The van der Waals surface area contributed by atoms with Crippen molar-refractivity contribution in [1.29, 1.82) is 0 Å². The zero-order valence-electron chi connectivity index (χ0n) is 11.8. The molecule has 1 fully saturated rings. The first-order chi connectivity index (χ1) is 10.1. The first-order valence-electron chi connectivity index (χ1n) is 6.80. The van der Waals surface area contributed by atoms with Gasteiger partial charge in [-0.25, -0.2) is 0 Å². The topological polar surface area (TPSA) is 90.7 Å². The van der Waals surface area contributed by atoms with E-state index >= 15 is 0 Å². The number of hydrogen-bond acceptors (Lipinski definition) is 5. The Balaban J connectivity index is 2.00. The summed E-state index contributed by atoms with van der Waals surface area (Å²) in [6, 6.07) is 4.12. The van der Waals surface area contributed by atoms with E-state index in [0.717, 1.165) is 12.8 Å². The van der Waals surface area contributed by atoms with Gasteiger partial charge in [-0.15, -0.1) is 0 Å². The van der Waals surface area contributed by atoms with E-state index in [1.165, 1.54) is 25.3 Å². The highest BCUT2D eigenvalue weighted by molar-refractivity contribution is 5.92. The van der Waals surface area contributed by atoms with Crippen LogP contribution in [0.15, 0.2) is 18.2 Å². The van der Waals surface area contributed by atoms with Gasteiger partial charge in [-0.3, -0.25) is 14.9 Å². The van der Waals surface area contributed by atoms with Crippen LogP contribution in [0.25, 0.3) is 0 Å². The number of methoxy groups -OCH3 is 1. The molecule has 7 heteroatoms. The third-order valence-electron chi connectivity index (χ3n) is 3.48. The number of ether oxygens (including phenoxy) is 2. The molecule has 0 unspecified atom stereocenters. The van der Waals surface area contributed by atoms with Gasteiger partial charge in [0.15, 0.2) is 0 Å². The number of nitro benzene ring substituents is 1. The van der Waals surface area contributed by atoms with E-state index in [9.17, 15) is 14.9 Å². The van der Waals surface area contributed by atoms with Crippen molar-refractivity contribution in [3.8, 4) is 5.75 Å². The molecule has 1 aliphatic rings. The largest absolute Gasteiger partial charge is 0.494 e. The van der Waals surface area contributed by atoms with Gasteiger partial charge in [0.2, 0.25) is 5.91 Å². The molecule has 1 aliphatic heterocycles. The van der Waals surface area contributed by atoms with Crippen LogP contribution in [0.1, 0.15) is 19.3 Å².